The van der Waals surface area contributed by atoms with Gasteiger partial charge < -0.3 is 9.67 Å². The molecule has 0 radical (unpaired) electrons. The van der Waals surface area contributed by atoms with Gasteiger partial charge in [0.1, 0.15) is 5.82 Å². The molecule has 1 aromatic heterocycles. The fourth-order valence-corrected chi connectivity index (χ4v) is 1.63. The van der Waals surface area contributed by atoms with E-state index in [1.807, 2.05) is 0 Å². The zero-order chi connectivity index (χ0) is 14.0. The maximum absolute atomic E-state index is 12.8. The van der Waals surface area contributed by atoms with Crippen LogP contribution in [0.2, 0.25) is 0 Å². The number of carboxylic acid groups (broad SMARTS) is 1. The number of hydrogen-bond donors (Lipinski definition) is 1. The summed E-state index contributed by atoms with van der Waals surface area (Å²) in [6, 6.07) is 5.16. The Hall–Kier alpha value is -2.31. The molecule has 0 saturated heterocycles. The zero-order valence-electron chi connectivity index (χ0n) is 9.55. The third kappa shape index (κ3) is 2.93. The van der Waals surface area contributed by atoms with Gasteiger partial charge in [0.15, 0.2) is 0 Å². The van der Waals surface area contributed by atoms with Crippen LogP contribution in [-0.2, 0) is 6.54 Å². The van der Waals surface area contributed by atoms with E-state index in [1.54, 1.807) is 0 Å². The van der Waals surface area contributed by atoms with Crippen molar-refractivity contribution in [2.75, 3.05) is 0 Å². The number of imidazole rings is 1. The average molecular weight is 270 g/mol. The average Bonchev–Trinajstić information content (AvgIpc) is 2.73. The van der Waals surface area contributed by atoms with E-state index in [2.05, 4.69) is 4.98 Å². The minimum atomic E-state index is -2.69. The van der Waals surface area contributed by atoms with E-state index >= 15 is 0 Å². The first-order chi connectivity index (χ1) is 8.97. The van der Waals surface area contributed by atoms with Crippen molar-refractivity contribution in [3.8, 4) is 11.3 Å². The Labute approximate surface area is 106 Å². The van der Waals surface area contributed by atoms with Gasteiger partial charge in [0.05, 0.1) is 12.2 Å². The van der Waals surface area contributed by atoms with Crippen LogP contribution in [0, 0.1) is 5.82 Å². The van der Waals surface area contributed by atoms with Gasteiger partial charge in [-0.2, -0.15) is 0 Å². The molecule has 0 amide bonds. The van der Waals surface area contributed by atoms with Crippen LogP contribution in [0.15, 0.2) is 30.5 Å². The molecule has 100 valence electrons. The van der Waals surface area contributed by atoms with Gasteiger partial charge in [0, 0.05) is 11.8 Å². The van der Waals surface area contributed by atoms with Crippen molar-refractivity contribution in [3.05, 3.63) is 42.1 Å². The number of rotatable bonds is 4. The molecule has 19 heavy (non-hydrogen) atoms. The molecule has 7 heteroatoms. The summed E-state index contributed by atoms with van der Waals surface area (Å²) < 4.78 is 38.3. The van der Waals surface area contributed by atoms with Crippen molar-refractivity contribution >= 4 is 5.97 Å². The molecule has 0 bridgehead atoms. The molecule has 0 unspecified atom stereocenters. The Morgan fingerprint density at radius 3 is 2.47 bits per heavy atom. The summed E-state index contributed by atoms with van der Waals surface area (Å²) in [5.74, 6) is -2.32. The van der Waals surface area contributed by atoms with Gasteiger partial charge in [0.2, 0.25) is 5.82 Å². The number of alkyl halides is 2. The molecular weight excluding hydrogens is 261 g/mol. The Morgan fingerprint density at radius 2 is 1.95 bits per heavy atom. The second kappa shape index (κ2) is 5.13. The van der Waals surface area contributed by atoms with Gasteiger partial charge in [-0.1, -0.05) is 0 Å². The predicted molar refractivity (Wildman–Crippen MR) is 60.6 cm³/mol. The topological polar surface area (TPSA) is 55.1 Å². The Morgan fingerprint density at radius 1 is 1.32 bits per heavy atom. The summed E-state index contributed by atoms with van der Waals surface area (Å²) in [5.41, 5.74) is 0.662. The van der Waals surface area contributed by atoms with Crippen molar-refractivity contribution in [1.82, 2.24) is 9.55 Å². The van der Waals surface area contributed by atoms with Crippen molar-refractivity contribution in [2.24, 2.45) is 0 Å². The molecule has 0 aliphatic carbocycles. The lowest BCUT2D eigenvalue weighted by molar-refractivity contribution is 0.0668. The highest BCUT2D eigenvalue weighted by Gasteiger charge is 2.18. The molecule has 1 heterocycles. The summed E-state index contributed by atoms with van der Waals surface area (Å²) in [4.78, 5) is 14.7. The zero-order valence-corrected chi connectivity index (χ0v) is 9.55. The molecule has 0 fully saturated rings. The molecular formula is C12H9F3N2O2. The minimum Gasteiger partial charge on any atom is -0.475 e. The van der Waals surface area contributed by atoms with Gasteiger partial charge in [0.25, 0.3) is 6.43 Å². The lowest BCUT2D eigenvalue weighted by atomic mass is 10.2. The van der Waals surface area contributed by atoms with Gasteiger partial charge in [-0.05, 0) is 24.3 Å². The van der Waals surface area contributed by atoms with Crippen molar-refractivity contribution in [1.29, 1.82) is 0 Å². The van der Waals surface area contributed by atoms with E-state index in [-0.39, 0.29) is 5.69 Å². The summed E-state index contributed by atoms with van der Waals surface area (Å²) in [5, 5.41) is 8.89. The monoisotopic (exact) mass is 270 g/mol. The number of carbonyl (C=O) groups is 1. The number of benzene rings is 1. The smallest absolute Gasteiger partial charge is 0.372 e. The predicted octanol–water partition coefficient (Wildman–Crippen LogP) is 2.65. The van der Waals surface area contributed by atoms with Crippen LogP contribution in [0.5, 0.6) is 0 Å². The second-order valence-electron chi connectivity index (χ2n) is 3.81. The van der Waals surface area contributed by atoms with Crippen LogP contribution in [0.3, 0.4) is 0 Å². The molecule has 0 spiro atoms. The highest BCUT2D eigenvalue weighted by Crippen LogP contribution is 2.20. The summed E-state index contributed by atoms with van der Waals surface area (Å²) >= 11 is 0. The quantitative estimate of drug-likeness (QED) is 0.929. The van der Waals surface area contributed by atoms with Gasteiger partial charge >= 0.3 is 5.97 Å². The van der Waals surface area contributed by atoms with Crippen LogP contribution in [0.4, 0.5) is 13.2 Å². The van der Waals surface area contributed by atoms with Crippen molar-refractivity contribution < 1.29 is 23.1 Å². The minimum absolute atomic E-state index is 0.207. The molecule has 1 aromatic carbocycles. The maximum atomic E-state index is 12.8. The first-order valence-corrected chi connectivity index (χ1v) is 5.32. The van der Waals surface area contributed by atoms with E-state index in [1.165, 1.54) is 30.5 Å². The maximum Gasteiger partial charge on any atom is 0.372 e. The van der Waals surface area contributed by atoms with Crippen LogP contribution in [0.25, 0.3) is 11.3 Å². The second-order valence-corrected chi connectivity index (χ2v) is 3.81. The molecule has 0 aliphatic rings. The summed E-state index contributed by atoms with van der Waals surface area (Å²) in [6.07, 6.45) is -1.48. The molecule has 0 atom stereocenters. The molecule has 4 nitrogen and oxygen atoms in total. The molecule has 2 aromatic rings. The number of carboxylic acids is 1. The Balaban J connectivity index is 2.42. The fraction of sp³-hybridized carbons (Fsp3) is 0.167. The number of hydrogen-bond acceptors (Lipinski definition) is 2. The first-order valence-electron chi connectivity index (χ1n) is 5.32. The lowest BCUT2D eigenvalue weighted by Crippen LogP contribution is -2.13. The standard InChI is InChI=1S/C12H9F3N2O2/c13-8-3-1-7(2-4-8)9-5-17(6-10(14)15)11(16-9)12(18)19/h1-5,10H,6H2,(H,18,19). The molecule has 2 rings (SSSR count). The van der Waals surface area contributed by atoms with Crippen LogP contribution in [0.1, 0.15) is 10.6 Å². The number of aromatic carboxylic acids is 1. The van der Waals surface area contributed by atoms with Gasteiger partial charge in [-0.25, -0.2) is 22.9 Å². The highest BCUT2D eigenvalue weighted by atomic mass is 19.3. The molecule has 1 N–H and O–H groups in total. The van der Waals surface area contributed by atoms with Crippen molar-refractivity contribution in [3.63, 3.8) is 0 Å². The Kier molecular flexibility index (Phi) is 3.55. The van der Waals surface area contributed by atoms with Crippen LogP contribution >= 0.6 is 0 Å². The van der Waals surface area contributed by atoms with E-state index in [9.17, 15) is 18.0 Å². The normalized spacial score (nSPS) is 10.9. The third-order valence-electron chi connectivity index (χ3n) is 2.44. The van der Waals surface area contributed by atoms with Crippen LogP contribution < -0.4 is 0 Å². The van der Waals surface area contributed by atoms with Crippen molar-refractivity contribution in [2.45, 2.75) is 13.0 Å². The molecule has 0 saturated carbocycles. The Bertz CT molecular complexity index is 594. The molecule has 0 aliphatic heterocycles. The van der Waals surface area contributed by atoms with E-state index in [0.717, 1.165) is 4.57 Å². The summed E-state index contributed by atoms with van der Waals surface area (Å²) in [7, 11) is 0. The fourth-order valence-electron chi connectivity index (χ4n) is 1.63. The van der Waals surface area contributed by atoms with Gasteiger partial charge in [-0.3, -0.25) is 0 Å². The summed E-state index contributed by atoms with van der Waals surface area (Å²) in [6.45, 7) is -0.754. The number of halogens is 3. The van der Waals surface area contributed by atoms with E-state index < -0.39 is 30.6 Å². The first kappa shape index (κ1) is 13.1. The van der Waals surface area contributed by atoms with Crippen LogP contribution in [-0.4, -0.2) is 27.1 Å². The SMILES string of the molecule is O=C(O)c1nc(-c2ccc(F)cc2)cn1CC(F)F. The lowest BCUT2D eigenvalue weighted by Gasteiger charge is -2.02. The number of aromatic nitrogens is 2. The highest BCUT2D eigenvalue weighted by molar-refractivity contribution is 5.84. The third-order valence-corrected chi connectivity index (χ3v) is 2.44. The van der Waals surface area contributed by atoms with E-state index in [4.69, 9.17) is 5.11 Å². The number of nitrogens with zero attached hydrogens (tertiary/aromatic N) is 2. The van der Waals surface area contributed by atoms with Gasteiger partial charge in [-0.15, -0.1) is 0 Å². The van der Waals surface area contributed by atoms with E-state index in [0.29, 0.717) is 5.56 Å². The largest absolute Gasteiger partial charge is 0.475 e.